The average Bonchev–Trinajstić information content (AvgIpc) is 2.15. The highest BCUT2D eigenvalue weighted by molar-refractivity contribution is 4.88. The van der Waals surface area contributed by atoms with Crippen LogP contribution in [0.1, 0.15) is 12.8 Å². The molecule has 0 saturated carbocycles. The van der Waals surface area contributed by atoms with Crippen molar-refractivity contribution in [1.29, 1.82) is 0 Å². The number of hydrogen-bond donors (Lipinski definition) is 1. The van der Waals surface area contributed by atoms with Crippen molar-refractivity contribution in [3.8, 4) is 0 Å². The lowest BCUT2D eigenvalue weighted by Crippen LogP contribution is -2.24. The number of nitrogens with one attached hydrogen (secondary N) is 1. The van der Waals surface area contributed by atoms with E-state index >= 15 is 0 Å². The normalized spacial score (nSPS) is 45.0. The van der Waals surface area contributed by atoms with E-state index in [0.29, 0.717) is 12.1 Å². The maximum Gasteiger partial charge on any atom is 0.0740 e. The predicted molar refractivity (Wildman–Crippen MR) is 30.8 cm³/mol. The first-order valence-corrected chi connectivity index (χ1v) is 3.32. The SMILES string of the molecule is C1C[C@@H]2OCC[C@@H]2N1. The third-order valence-electron chi connectivity index (χ3n) is 2.04. The summed E-state index contributed by atoms with van der Waals surface area (Å²) in [6.45, 7) is 2.14. The van der Waals surface area contributed by atoms with Crippen molar-refractivity contribution in [2.75, 3.05) is 13.2 Å². The van der Waals surface area contributed by atoms with Crippen molar-refractivity contribution >= 4 is 0 Å². The van der Waals surface area contributed by atoms with E-state index in [9.17, 15) is 0 Å². The fourth-order valence-corrected chi connectivity index (χ4v) is 1.58. The summed E-state index contributed by atoms with van der Waals surface area (Å²) in [6.07, 6.45) is 3.02. The summed E-state index contributed by atoms with van der Waals surface area (Å²) in [5.41, 5.74) is 0. The Morgan fingerprint density at radius 1 is 1.38 bits per heavy atom. The highest BCUT2D eigenvalue weighted by Crippen LogP contribution is 2.20. The third kappa shape index (κ3) is 0.565. The second-order valence-electron chi connectivity index (χ2n) is 2.55. The van der Waals surface area contributed by atoms with Crippen LogP contribution in [0.25, 0.3) is 0 Å². The minimum Gasteiger partial charge on any atom is -0.376 e. The molecule has 0 aromatic rings. The largest absolute Gasteiger partial charge is 0.376 e. The van der Waals surface area contributed by atoms with Gasteiger partial charge in [0.25, 0.3) is 0 Å². The van der Waals surface area contributed by atoms with Gasteiger partial charge in [0, 0.05) is 12.6 Å². The maximum absolute atomic E-state index is 5.41. The number of fused-ring (bicyclic) bond motifs is 1. The molecule has 2 fully saturated rings. The van der Waals surface area contributed by atoms with E-state index in [1.165, 1.54) is 12.8 Å². The fraction of sp³-hybridized carbons (Fsp3) is 1.00. The van der Waals surface area contributed by atoms with Gasteiger partial charge in [-0.2, -0.15) is 0 Å². The second kappa shape index (κ2) is 1.71. The van der Waals surface area contributed by atoms with Crippen LogP contribution in [0.2, 0.25) is 0 Å². The monoisotopic (exact) mass is 113 g/mol. The topological polar surface area (TPSA) is 21.3 Å². The van der Waals surface area contributed by atoms with Crippen molar-refractivity contribution in [2.45, 2.75) is 25.0 Å². The average molecular weight is 113 g/mol. The minimum absolute atomic E-state index is 0.565. The summed E-state index contributed by atoms with van der Waals surface area (Å²) in [7, 11) is 0. The Bertz CT molecular complexity index is 74.5. The highest BCUT2D eigenvalue weighted by atomic mass is 16.5. The summed E-state index contributed by atoms with van der Waals surface area (Å²) in [6, 6.07) is 0.704. The molecule has 2 aliphatic rings. The standard InChI is InChI=1S/C6H11NO/c1-3-7-5-2-4-8-6(1)5/h5-7H,1-4H2/t5-,6-/m0/s1. The zero-order valence-corrected chi connectivity index (χ0v) is 4.89. The summed E-state index contributed by atoms with van der Waals surface area (Å²) in [4.78, 5) is 0. The van der Waals surface area contributed by atoms with Crippen LogP contribution >= 0.6 is 0 Å². The number of ether oxygens (including phenoxy) is 1. The quantitative estimate of drug-likeness (QED) is 0.482. The number of rotatable bonds is 0. The molecule has 8 heavy (non-hydrogen) atoms. The molecule has 0 spiro atoms. The molecule has 46 valence electrons. The van der Waals surface area contributed by atoms with Gasteiger partial charge >= 0.3 is 0 Å². The van der Waals surface area contributed by atoms with Gasteiger partial charge in [0.05, 0.1) is 6.10 Å². The first kappa shape index (κ1) is 4.77. The molecular formula is C6H11NO. The van der Waals surface area contributed by atoms with Gasteiger partial charge in [-0.05, 0) is 19.4 Å². The Morgan fingerprint density at radius 3 is 3.25 bits per heavy atom. The molecule has 2 heteroatoms. The van der Waals surface area contributed by atoms with E-state index in [-0.39, 0.29) is 0 Å². The number of hydrogen-bond acceptors (Lipinski definition) is 2. The van der Waals surface area contributed by atoms with Crippen LogP contribution in [0.5, 0.6) is 0 Å². The Morgan fingerprint density at radius 2 is 2.38 bits per heavy atom. The van der Waals surface area contributed by atoms with Crippen molar-refractivity contribution in [2.24, 2.45) is 0 Å². The Balaban J connectivity index is 2.04. The van der Waals surface area contributed by atoms with E-state index in [2.05, 4.69) is 5.32 Å². The van der Waals surface area contributed by atoms with Gasteiger partial charge in [0.1, 0.15) is 0 Å². The molecule has 0 aliphatic carbocycles. The van der Waals surface area contributed by atoms with Crippen molar-refractivity contribution in [3.05, 3.63) is 0 Å². The lowest BCUT2D eigenvalue weighted by Gasteiger charge is -2.04. The zero-order valence-electron chi connectivity index (χ0n) is 4.89. The predicted octanol–water partition coefficient (Wildman–Crippen LogP) is 0.137. The van der Waals surface area contributed by atoms with Crippen molar-refractivity contribution < 1.29 is 4.74 Å². The minimum atomic E-state index is 0.565. The smallest absolute Gasteiger partial charge is 0.0740 e. The summed E-state index contributed by atoms with van der Waals surface area (Å²) >= 11 is 0. The van der Waals surface area contributed by atoms with Gasteiger partial charge in [0.15, 0.2) is 0 Å². The molecule has 1 N–H and O–H groups in total. The molecule has 0 bridgehead atoms. The molecule has 0 amide bonds. The fourth-order valence-electron chi connectivity index (χ4n) is 1.58. The van der Waals surface area contributed by atoms with E-state index in [0.717, 1.165) is 13.2 Å². The van der Waals surface area contributed by atoms with E-state index in [1.807, 2.05) is 0 Å². The van der Waals surface area contributed by atoms with Gasteiger partial charge in [-0.1, -0.05) is 0 Å². The molecule has 2 aliphatic heterocycles. The molecule has 0 aromatic carbocycles. The van der Waals surface area contributed by atoms with E-state index in [1.54, 1.807) is 0 Å². The van der Waals surface area contributed by atoms with Crippen LogP contribution < -0.4 is 5.32 Å². The van der Waals surface area contributed by atoms with Crippen LogP contribution in [-0.2, 0) is 4.74 Å². The van der Waals surface area contributed by atoms with Crippen molar-refractivity contribution in [3.63, 3.8) is 0 Å². The molecule has 2 nitrogen and oxygen atoms in total. The summed E-state index contributed by atoms with van der Waals surface area (Å²) in [5.74, 6) is 0. The summed E-state index contributed by atoms with van der Waals surface area (Å²) in [5, 5.41) is 3.39. The van der Waals surface area contributed by atoms with Crippen LogP contribution in [-0.4, -0.2) is 25.3 Å². The van der Waals surface area contributed by atoms with Gasteiger partial charge in [-0.25, -0.2) is 0 Å². The first-order valence-electron chi connectivity index (χ1n) is 3.32. The van der Waals surface area contributed by atoms with Gasteiger partial charge < -0.3 is 10.1 Å². The van der Waals surface area contributed by atoms with Gasteiger partial charge in [-0.15, -0.1) is 0 Å². The van der Waals surface area contributed by atoms with Crippen LogP contribution in [0.3, 0.4) is 0 Å². The molecule has 2 rings (SSSR count). The summed E-state index contributed by atoms with van der Waals surface area (Å²) < 4.78 is 5.41. The van der Waals surface area contributed by atoms with Crippen molar-refractivity contribution in [1.82, 2.24) is 5.32 Å². The highest BCUT2D eigenvalue weighted by Gasteiger charge is 2.31. The molecule has 2 heterocycles. The Labute approximate surface area is 49.2 Å². The molecule has 2 saturated heterocycles. The van der Waals surface area contributed by atoms with Crippen LogP contribution in [0.4, 0.5) is 0 Å². The Hall–Kier alpha value is -0.0800. The van der Waals surface area contributed by atoms with E-state index < -0.39 is 0 Å². The molecule has 2 atom stereocenters. The van der Waals surface area contributed by atoms with E-state index in [4.69, 9.17) is 4.74 Å². The van der Waals surface area contributed by atoms with Crippen LogP contribution in [0, 0.1) is 0 Å². The molecule has 0 aromatic heterocycles. The molecule has 0 radical (unpaired) electrons. The second-order valence-corrected chi connectivity index (χ2v) is 2.55. The maximum atomic E-state index is 5.41. The lowest BCUT2D eigenvalue weighted by atomic mass is 10.2. The van der Waals surface area contributed by atoms with Crippen LogP contribution in [0.15, 0.2) is 0 Å². The van der Waals surface area contributed by atoms with Gasteiger partial charge in [0.2, 0.25) is 0 Å². The zero-order chi connectivity index (χ0) is 5.40. The van der Waals surface area contributed by atoms with Gasteiger partial charge in [-0.3, -0.25) is 0 Å². The molecular weight excluding hydrogens is 102 g/mol. The molecule has 0 unspecified atom stereocenters. The third-order valence-corrected chi connectivity index (χ3v) is 2.04. The first-order chi connectivity index (χ1) is 3.97. The Kier molecular flexibility index (Phi) is 1.02. The lowest BCUT2D eigenvalue weighted by molar-refractivity contribution is 0.112.